The van der Waals surface area contributed by atoms with Gasteiger partial charge in [0.05, 0.1) is 25.4 Å². The Kier molecular flexibility index (Phi) is 5.78. The van der Waals surface area contributed by atoms with Gasteiger partial charge in [0.15, 0.2) is 0 Å². The summed E-state index contributed by atoms with van der Waals surface area (Å²) in [6.45, 7) is 0.539. The minimum atomic E-state index is -0.280. The number of nitrogens with one attached hydrogen (secondary N) is 1. The molecule has 35 heavy (non-hydrogen) atoms. The molecule has 0 saturated heterocycles. The lowest BCUT2D eigenvalue weighted by Gasteiger charge is -2.31. The fourth-order valence-electron chi connectivity index (χ4n) is 5.31. The number of benzene rings is 2. The van der Waals surface area contributed by atoms with E-state index in [9.17, 15) is 4.79 Å². The van der Waals surface area contributed by atoms with E-state index in [1.54, 1.807) is 19.2 Å². The molecule has 1 atom stereocenters. The van der Waals surface area contributed by atoms with Crippen molar-refractivity contribution in [2.45, 2.75) is 38.3 Å². The van der Waals surface area contributed by atoms with E-state index in [1.165, 1.54) is 33.8 Å². The van der Waals surface area contributed by atoms with E-state index < -0.39 is 0 Å². The SMILES string of the molecule is COc1cccc([C@H]2c3cccn3-c3sc4c(c3CN2C(=O)Nc2cccc(Cl)c2)CCCC4)c1. The van der Waals surface area contributed by atoms with Crippen LogP contribution in [0.15, 0.2) is 66.9 Å². The van der Waals surface area contributed by atoms with E-state index in [1.807, 2.05) is 46.6 Å². The Labute approximate surface area is 213 Å². The maximum absolute atomic E-state index is 13.9. The van der Waals surface area contributed by atoms with Crippen molar-refractivity contribution in [1.82, 2.24) is 9.47 Å². The molecular formula is C28H26ClN3O2S. The number of methoxy groups -OCH3 is 1. The summed E-state index contributed by atoms with van der Waals surface area (Å²) >= 11 is 8.09. The summed E-state index contributed by atoms with van der Waals surface area (Å²) < 4.78 is 7.82. The van der Waals surface area contributed by atoms with Crippen LogP contribution in [-0.4, -0.2) is 22.6 Å². The minimum absolute atomic E-state index is 0.156. The molecule has 2 aromatic carbocycles. The second kappa shape index (κ2) is 9.10. The van der Waals surface area contributed by atoms with Gasteiger partial charge in [-0.05, 0) is 79.3 Å². The molecule has 1 N–H and O–H groups in total. The molecule has 1 aliphatic heterocycles. The van der Waals surface area contributed by atoms with Crippen molar-refractivity contribution >= 4 is 34.7 Å². The van der Waals surface area contributed by atoms with Crippen LogP contribution in [0, 0.1) is 0 Å². The van der Waals surface area contributed by atoms with Gasteiger partial charge in [0.2, 0.25) is 0 Å². The van der Waals surface area contributed by atoms with E-state index in [-0.39, 0.29) is 12.1 Å². The number of carbonyl (C=O) groups is 1. The van der Waals surface area contributed by atoms with Crippen LogP contribution in [0.5, 0.6) is 5.75 Å². The van der Waals surface area contributed by atoms with Crippen LogP contribution in [0.1, 0.15) is 46.1 Å². The minimum Gasteiger partial charge on any atom is -0.497 e. The van der Waals surface area contributed by atoms with E-state index in [2.05, 4.69) is 34.3 Å². The molecule has 3 heterocycles. The summed E-state index contributed by atoms with van der Waals surface area (Å²) in [7, 11) is 1.67. The zero-order valence-electron chi connectivity index (χ0n) is 19.5. The Morgan fingerprint density at radius 1 is 1.06 bits per heavy atom. The number of carbonyl (C=O) groups excluding carboxylic acids is 1. The van der Waals surface area contributed by atoms with Gasteiger partial charge in [0, 0.05) is 27.3 Å². The number of aromatic nitrogens is 1. The van der Waals surface area contributed by atoms with Crippen LogP contribution >= 0.6 is 22.9 Å². The lowest BCUT2D eigenvalue weighted by atomic mass is 9.95. The van der Waals surface area contributed by atoms with E-state index in [0.717, 1.165) is 29.8 Å². The number of anilines is 1. The maximum atomic E-state index is 13.9. The molecule has 0 bridgehead atoms. The summed E-state index contributed by atoms with van der Waals surface area (Å²) in [6.07, 6.45) is 6.75. The van der Waals surface area contributed by atoms with E-state index in [4.69, 9.17) is 16.3 Å². The zero-order valence-corrected chi connectivity index (χ0v) is 21.0. The fourth-order valence-corrected chi connectivity index (χ4v) is 6.90. The predicted octanol–water partition coefficient (Wildman–Crippen LogP) is 7.22. The van der Waals surface area contributed by atoms with Gasteiger partial charge in [-0.1, -0.05) is 29.8 Å². The molecular weight excluding hydrogens is 478 g/mol. The van der Waals surface area contributed by atoms with Gasteiger partial charge in [0.25, 0.3) is 0 Å². The zero-order chi connectivity index (χ0) is 23.9. The van der Waals surface area contributed by atoms with E-state index in [0.29, 0.717) is 17.3 Å². The van der Waals surface area contributed by atoms with Gasteiger partial charge in [-0.25, -0.2) is 4.79 Å². The largest absolute Gasteiger partial charge is 0.497 e. The topological polar surface area (TPSA) is 46.5 Å². The van der Waals surface area contributed by atoms with Crippen LogP contribution in [0.3, 0.4) is 0 Å². The molecule has 5 nitrogen and oxygen atoms in total. The second-order valence-electron chi connectivity index (χ2n) is 9.05. The highest BCUT2D eigenvalue weighted by molar-refractivity contribution is 7.15. The predicted molar refractivity (Wildman–Crippen MR) is 141 cm³/mol. The maximum Gasteiger partial charge on any atom is 0.322 e. The molecule has 6 rings (SSSR count). The summed E-state index contributed by atoms with van der Waals surface area (Å²) in [5.41, 5.74) is 5.46. The number of nitrogens with zero attached hydrogens (tertiary/aromatic N) is 2. The van der Waals surface area contributed by atoms with Gasteiger partial charge in [-0.3, -0.25) is 0 Å². The number of hydrogen-bond donors (Lipinski definition) is 1. The average Bonchev–Trinajstić information content (AvgIpc) is 3.46. The third-order valence-electron chi connectivity index (χ3n) is 6.93. The van der Waals surface area contributed by atoms with Crippen molar-refractivity contribution < 1.29 is 9.53 Å². The molecule has 4 aromatic rings. The highest BCUT2D eigenvalue weighted by atomic mass is 35.5. The van der Waals surface area contributed by atoms with Gasteiger partial charge in [0.1, 0.15) is 10.8 Å². The smallest absolute Gasteiger partial charge is 0.322 e. The van der Waals surface area contributed by atoms with Gasteiger partial charge in [-0.15, -0.1) is 11.3 Å². The molecule has 2 aromatic heterocycles. The Balaban J connectivity index is 1.50. The lowest BCUT2D eigenvalue weighted by Crippen LogP contribution is -2.38. The summed E-state index contributed by atoms with van der Waals surface area (Å²) in [5, 5.41) is 4.93. The quantitative estimate of drug-likeness (QED) is 0.321. The molecule has 2 aliphatic rings. The number of halogens is 1. The Hall–Kier alpha value is -3.22. The van der Waals surface area contributed by atoms with Crippen LogP contribution in [0.4, 0.5) is 10.5 Å². The third-order valence-corrected chi connectivity index (χ3v) is 8.49. The summed E-state index contributed by atoms with van der Waals surface area (Å²) in [6, 6.07) is 19.1. The molecule has 0 saturated carbocycles. The van der Waals surface area contributed by atoms with E-state index >= 15 is 0 Å². The van der Waals surface area contributed by atoms with Gasteiger partial charge < -0.3 is 19.5 Å². The van der Waals surface area contributed by atoms with Crippen molar-refractivity contribution in [3.05, 3.63) is 99.1 Å². The molecule has 1 aliphatic carbocycles. The highest BCUT2D eigenvalue weighted by Crippen LogP contribution is 2.44. The van der Waals surface area contributed by atoms with Crippen molar-refractivity contribution in [3.63, 3.8) is 0 Å². The molecule has 0 fully saturated rings. The molecule has 0 radical (unpaired) electrons. The first kappa shape index (κ1) is 22.3. The first-order valence-corrected chi connectivity index (χ1v) is 13.1. The van der Waals surface area contributed by atoms with Crippen molar-refractivity contribution in [3.8, 4) is 10.8 Å². The fraction of sp³-hybridized carbons (Fsp3) is 0.250. The van der Waals surface area contributed by atoms with Crippen molar-refractivity contribution in [1.29, 1.82) is 0 Å². The summed E-state index contributed by atoms with van der Waals surface area (Å²) in [4.78, 5) is 17.4. The number of urea groups is 1. The van der Waals surface area contributed by atoms with Crippen LogP contribution in [0.2, 0.25) is 5.02 Å². The first-order chi connectivity index (χ1) is 17.1. The Morgan fingerprint density at radius 3 is 2.77 bits per heavy atom. The van der Waals surface area contributed by atoms with Crippen molar-refractivity contribution in [2.75, 3.05) is 12.4 Å². The molecule has 7 heteroatoms. The number of thiophene rings is 1. The van der Waals surface area contributed by atoms with Gasteiger partial charge in [-0.2, -0.15) is 0 Å². The lowest BCUT2D eigenvalue weighted by molar-refractivity contribution is 0.194. The van der Waals surface area contributed by atoms with Gasteiger partial charge >= 0.3 is 6.03 Å². The Bertz CT molecular complexity index is 1410. The number of hydrogen-bond acceptors (Lipinski definition) is 3. The molecule has 0 spiro atoms. The number of aryl methyl sites for hydroxylation is 1. The molecule has 0 unspecified atom stereocenters. The highest BCUT2D eigenvalue weighted by Gasteiger charge is 2.36. The number of ether oxygens (including phenoxy) is 1. The Morgan fingerprint density at radius 2 is 1.91 bits per heavy atom. The number of rotatable bonds is 3. The standard InChI is InChI=1S/C28H26ClN3O2S/c1-34-21-10-4-7-18(15-21)26-24-12-6-14-31(24)27-23(22-11-2-3-13-25(22)35-27)17-32(26)28(33)30-20-9-5-8-19(29)16-20/h4-10,12,14-16,26H,2-3,11,13,17H2,1H3,(H,30,33)/t26-/m0/s1. The number of fused-ring (bicyclic) bond motifs is 5. The normalized spacial score (nSPS) is 16.6. The monoisotopic (exact) mass is 503 g/mol. The first-order valence-electron chi connectivity index (χ1n) is 11.9. The molecule has 2 amide bonds. The van der Waals surface area contributed by atoms with Crippen LogP contribution in [-0.2, 0) is 19.4 Å². The van der Waals surface area contributed by atoms with Crippen LogP contribution in [0.25, 0.3) is 5.00 Å². The number of amides is 2. The molecule has 178 valence electrons. The van der Waals surface area contributed by atoms with Crippen LogP contribution < -0.4 is 10.1 Å². The third kappa shape index (κ3) is 4.01. The average molecular weight is 504 g/mol. The second-order valence-corrected chi connectivity index (χ2v) is 10.6. The summed E-state index contributed by atoms with van der Waals surface area (Å²) in [5.74, 6) is 0.771. The van der Waals surface area contributed by atoms with Crippen molar-refractivity contribution in [2.24, 2.45) is 0 Å².